The molecule has 1 aliphatic heterocycles. The first kappa shape index (κ1) is 19.7. The highest BCUT2D eigenvalue weighted by atomic mass is 16.5. The van der Waals surface area contributed by atoms with Crippen LogP contribution in [0.1, 0.15) is 49.5 Å². The van der Waals surface area contributed by atoms with Crippen molar-refractivity contribution in [2.75, 3.05) is 18.0 Å². The second kappa shape index (κ2) is 8.83. The minimum Gasteiger partial charge on any atom is -0.355 e. The van der Waals surface area contributed by atoms with Gasteiger partial charge < -0.3 is 14.7 Å². The number of carbonyl (C=O) groups is 1. The number of carbonyl (C=O) groups excluding carboxylic acids is 1. The normalized spacial score (nSPS) is 19.1. The maximum atomic E-state index is 12.8. The molecule has 0 unspecified atom stereocenters. The van der Waals surface area contributed by atoms with E-state index in [9.17, 15) is 4.79 Å². The van der Waals surface area contributed by atoms with Crippen LogP contribution in [0.15, 0.2) is 47.4 Å². The molecule has 1 amide bonds. The monoisotopic (exact) mass is 418 g/mol. The van der Waals surface area contributed by atoms with Crippen LogP contribution in [-0.2, 0) is 11.3 Å². The van der Waals surface area contributed by atoms with Gasteiger partial charge in [-0.25, -0.2) is 4.98 Å². The molecule has 0 bridgehead atoms. The van der Waals surface area contributed by atoms with E-state index in [1.54, 1.807) is 18.6 Å². The third-order valence-electron chi connectivity index (χ3n) is 6.20. The van der Waals surface area contributed by atoms with Gasteiger partial charge in [0, 0.05) is 44.1 Å². The van der Waals surface area contributed by atoms with Crippen LogP contribution in [0.25, 0.3) is 11.4 Å². The van der Waals surface area contributed by atoms with Crippen LogP contribution in [0.4, 0.5) is 5.82 Å². The largest absolute Gasteiger partial charge is 0.355 e. The van der Waals surface area contributed by atoms with Crippen LogP contribution >= 0.6 is 0 Å². The van der Waals surface area contributed by atoms with Crippen molar-refractivity contribution in [1.29, 1.82) is 0 Å². The number of piperidine rings is 1. The molecule has 160 valence electrons. The Bertz CT molecular complexity index is 1030. The lowest BCUT2D eigenvalue weighted by Gasteiger charge is -2.33. The summed E-state index contributed by atoms with van der Waals surface area (Å²) in [5, 5.41) is 7.27. The Morgan fingerprint density at radius 3 is 2.87 bits per heavy atom. The lowest BCUT2D eigenvalue weighted by Crippen LogP contribution is -2.43. The maximum Gasteiger partial charge on any atom is 0.230 e. The van der Waals surface area contributed by atoms with E-state index in [1.807, 2.05) is 24.3 Å². The van der Waals surface area contributed by atoms with Crippen LogP contribution in [-0.4, -0.2) is 39.1 Å². The zero-order chi connectivity index (χ0) is 21.0. The number of rotatable bonds is 6. The predicted molar refractivity (Wildman–Crippen MR) is 115 cm³/mol. The summed E-state index contributed by atoms with van der Waals surface area (Å²) in [6, 6.07) is 7.70. The van der Waals surface area contributed by atoms with Crippen LogP contribution in [0.2, 0.25) is 0 Å². The third kappa shape index (κ3) is 4.28. The van der Waals surface area contributed by atoms with Crippen LogP contribution in [0.3, 0.4) is 0 Å². The summed E-state index contributed by atoms with van der Waals surface area (Å²) in [6.45, 7) is 1.96. The Balaban J connectivity index is 1.29. The van der Waals surface area contributed by atoms with Gasteiger partial charge in [-0.2, -0.15) is 4.98 Å². The van der Waals surface area contributed by atoms with Gasteiger partial charge in [-0.3, -0.25) is 9.78 Å². The van der Waals surface area contributed by atoms with E-state index >= 15 is 0 Å². The second-order valence-corrected chi connectivity index (χ2v) is 8.32. The fraction of sp³-hybridized carbons (Fsp3) is 0.435. The molecule has 2 aliphatic rings. The van der Waals surface area contributed by atoms with Crippen LogP contribution in [0, 0.1) is 5.92 Å². The van der Waals surface area contributed by atoms with E-state index in [2.05, 4.69) is 30.3 Å². The summed E-state index contributed by atoms with van der Waals surface area (Å²) in [7, 11) is 0. The van der Waals surface area contributed by atoms with Gasteiger partial charge >= 0.3 is 0 Å². The maximum absolute atomic E-state index is 12.8. The summed E-state index contributed by atoms with van der Waals surface area (Å²) in [5.74, 6) is 2.49. The van der Waals surface area contributed by atoms with E-state index in [0.717, 1.165) is 55.1 Å². The van der Waals surface area contributed by atoms with Gasteiger partial charge in [-0.05, 0) is 49.4 Å². The summed E-state index contributed by atoms with van der Waals surface area (Å²) in [6.07, 6.45) is 10.5. The summed E-state index contributed by atoms with van der Waals surface area (Å²) < 4.78 is 5.52. The van der Waals surface area contributed by atoms with Crippen molar-refractivity contribution in [2.45, 2.75) is 44.6 Å². The number of hydrogen-bond donors (Lipinski definition) is 1. The lowest BCUT2D eigenvalue weighted by atomic mass is 9.85. The molecule has 3 aromatic rings. The smallest absolute Gasteiger partial charge is 0.230 e. The van der Waals surface area contributed by atoms with E-state index in [-0.39, 0.29) is 11.8 Å². The van der Waals surface area contributed by atoms with Crippen molar-refractivity contribution in [3.8, 4) is 11.4 Å². The average molecular weight is 419 g/mol. The molecule has 0 spiro atoms. The first-order chi connectivity index (χ1) is 15.3. The quantitative estimate of drug-likeness (QED) is 0.656. The fourth-order valence-corrected chi connectivity index (χ4v) is 4.21. The number of nitrogens with zero attached hydrogens (tertiary/aromatic N) is 5. The molecule has 0 radical (unpaired) electrons. The van der Waals surface area contributed by atoms with Gasteiger partial charge in [0.2, 0.25) is 17.6 Å². The van der Waals surface area contributed by atoms with Gasteiger partial charge in [-0.1, -0.05) is 17.6 Å². The highest BCUT2D eigenvalue weighted by Crippen LogP contribution is 2.37. The molecule has 1 saturated carbocycles. The second-order valence-electron chi connectivity index (χ2n) is 8.32. The molecule has 8 nitrogen and oxygen atoms in total. The minimum atomic E-state index is -0.0870. The van der Waals surface area contributed by atoms with Crippen LogP contribution in [0.5, 0.6) is 0 Å². The molecule has 1 aliphatic carbocycles. The van der Waals surface area contributed by atoms with Crippen molar-refractivity contribution in [3.05, 3.63) is 54.3 Å². The summed E-state index contributed by atoms with van der Waals surface area (Å²) >= 11 is 0. The van der Waals surface area contributed by atoms with E-state index in [1.165, 1.54) is 6.42 Å². The zero-order valence-electron chi connectivity index (χ0n) is 17.4. The lowest BCUT2D eigenvalue weighted by molar-refractivity contribution is -0.125. The van der Waals surface area contributed by atoms with Gasteiger partial charge in [0.1, 0.15) is 5.82 Å². The fourth-order valence-electron chi connectivity index (χ4n) is 4.21. The molecule has 0 aromatic carbocycles. The van der Waals surface area contributed by atoms with Crippen molar-refractivity contribution in [1.82, 2.24) is 25.4 Å². The number of hydrogen-bond acceptors (Lipinski definition) is 7. The summed E-state index contributed by atoms with van der Waals surface area (Å²) in [5.41, 5.74) is 1.85. The standard InChI is InChI=1S/C23H26N6O2/c30-22(26-14-16-5-2-10-24-13-16)18-8-4-12-29(15-18)21-19(9-3-11-25-21)20-27-23(31-28-20)17-6-1-7-17/h2-3,5,9-11,13,17-18H,1,4,6-8,12,14-15H2,(H,26,30)/t18-/m1/s1. The molecular formula is C23H26N6O2. The Morgan fingerprint density at radius 1 is 1.16 bits per heavy atom. The molecule has 2 fully saturated rings. The van der Waals surface area contributed by atoms with Gasteiger partial charge in [-0.15, -0.1) is 0 Å². The third-order valence-corrected chi connectivity index (χ3v) is 6.20. The number of pyridine rings is 2. The molecule has 1 N–H and O–H groups in total. The number of amides is 1. The molecule has 4 heterocycles. The molecule has 3 aromatic heterocycles. The average Bonchev–Trinajstić information content (AvgIpc) is 3.26. The van der Waals surface area contributed by atoms with Crippen molar-refractivity contribution in [3.63, 3.8) is 0 Å². The molecular weight excluding hydrogens is 392 g/mol. The van der Waals surface area contributed by atoms with Gasteiger partial charge in [0.25, 0.3) is 0 Å². The molecule has 31 heavy (non-hydrogen) atoms. The zero-order valence-corrected chi connectivity index (χ0v) is 17.4. The van der Waals surface area contributed by atoms with Gasteiger partial charge in [0.05, 0.1) is 11.5 Å². The van der Waals surface area contributed by atoms with Crippen LogP contribution < -0.4 is 10.2 Å². The van der Waals surface area contributed by atoms with Crippen molar-refractivity contribution >= 4 is 11.7 Å². The van der Waals surface area contributed by atoms with Crippen molar-refractivity contribution < 1.29 is 9.32 Å². The Hall–Kier alpha value is -3.29. The van der Waals surface area contributed by atoms with Crippen molar-refractivity contribution in [2.24, 2.45) is 5.92 Å². The molecule has 1 atom stereocenters. The number of aromatic nitrogens is 4. The Kier molecular flexibility index (Phi) is 5.60. The highest BCUT2D eigenvalue weighted by Gasteiger charge is 2.30. The number of nitrogens with one attached hydrogen (secondary N) is 1. The SMILES string of the molecule is O=C(NCc1cccnc1)[C@@H]1CCCN(c2ncccc2-c2noc(C3CCC3)n2)C1. The topological polar surface area (TPSA) is 97.0 Å². The van der Waals surface area contributed by atoms with Gasteiger partial charge in [0.15, 0.2) is 0 Å². The highest BCUT2D eigenvalue weighted by molar-refractivity contribution is 5.80. The first-order valence-corrected chi connectivity index (χ1v) is 11.0. The number of anilines is 1. The molecule has 1 saturated heterocycles. The van der Waals surface area contributed by atoms with E-state index in [4.69, 9.17) is 4.52 Å². The summed E-state index contributed by atoms with van der Waals surface area (Å²) in [4.78, 5) is 28.3. The Labute approximate surface area is 181 Å². The first-order valence-electron chi connectivity index (χ1n) is 11.0. The van der Waals surface area contributed by atoms with E-state index in [0.29, 0.717) is 24.8 Å². The molecule has 5 rings (SSSR count). The molecule has 8 heteroatoms. The minimum absolute atomic E-state index is 0.0675. The van der Waals surface area contributed by atoms with E-state index < -0.39 is 0 Å². The Morgan fingerprint density at radius 2 is 2.06 bits per heavy atom. The predicted octanol–water partition coefficient (Wildman–Crippen LogP) is 3.33.